The molecule has 4 aromatic rings. The number of hydrogen-bond donors (Lipinski definition) is 0. The maximum absolute atomic E-state index is 13.3. The Kier molecular flexibility index (Phi) is 5.89. The number of thiophene rings is 1. The second kappa shape index (κ2) is 8.96. The van der Waals surface area contributed by atoms with E-state index in [4.69, 9.17) is 4.42 Å². The molecule has 0 amide bonds. The van der Waals surface area contributed by atoms with Crippen molar-refractivity contribution in [1.82, 2.24) is 24.6 Å². The van der Waals surface area contributed by atoms with E-state index < -0.39 is 0 Å². The van der Waals surface area contributed by atoms with Crippen LogP contribution >= 0.6 is 11.3 Å². The first-order valence-electron chi connectivity index (χ1n) is 11.1. The first-order valence-corrected chi connectivity index (χ1v) is 11.9. The molecule has 0 aliphatic heterocycles. The minimum absolute atomic E-state index is 0.105. The molecule has 1 unspecified atom stereocenters. The standard InChI is InChI=1S/C24H27N5O2S/c1-16-26-27-21(31-16)14-28(2)18-10-11-19-20(13-18)32-23-22(19)24(30)29(15-25-23)12-6-9-17-7-4-3-5-8-17/h3-5,7-8,15,18H,6,9-14H2,1-2H3. The molecule has 3 heterocycles. The Morgan fingerprint density at radius 3 is 2.88 bits per heavy atom. The zero-order valence-electron chi connectivity index (χ0n) is 18.5. The summed E-state index contributed by atoms with van der Waals surface area (Å²) in [5.74, 6) is 1.24. The number of nitrogens with zero attached hydrogens (tertiary/aromatic N) is 5. The summed E-state index contributed by atoms with van der Waals surface area (Å²) in [5, 5.41) is 8.87. The van der Waals surface area contributed by atoms with Gasteiger partial charge in [-0.2, -0.15) is 0 Å². The molecule has 0 spiro atoms. The van der Waals surface area contributed by atoms with Gasteiger partial charge in [-0.1, -0.05) is 30.3 Å². The third kappa shape index (κ3) is 4.25. The number of likely N-dealkylation sites (N-methyl/N-ethyl adjacent to an activating group) is 1. The molecule has 32 heavy (non-hydrogen) atoms. The van der Waals surface area contributed by atoms with Crippen LogP contribution in [0.4, 0.5) is 0 Å². The maximum atomic E-state index is 13.3. The molecule has 3 aromatic heterocycles. The number of aryl methyl sites for hydroxylation is 4. The Labute approximate surface area is 190 Å². The summed E-state index contributed by atoms with van der Waals surface area (Å²) < 4.78 is 7.32. The molecular weight excluding hydrogens is 422 g/mol. The van der Waals surface area contributed by atoms with Crippen molar-refractivity contribution < 1.29 is 4.42 Å². The molecule has 0 radical (unpaired) electrons. The first-order chi connectivity index (χ1) is 15.6. The summed E-state index contributed by atoms with van der Waals surface area (Å²) in [6.07, 6.45) is 6.43. The van der Waals surface area contributed by atoms with Crippen molar-refractivity contribution in [3.05, 3.63) is 74.8 Å². The van der Waals surface area contributed by atoms with E-state index in [0.29, 0.717) is 30.9 Å². The molecule has 1 aliphatic rings. The van der Waals surface area contributed by atoms with Crippen molar-refractivity contribution in [1.29, 1.82) is 0 Å². The second-order valence-electron chi connectivity index (χ2n) is 8.54. The zero-order valence-corrected chi connectivity index (χ0v) is 19.3. The molecule has 8 heteroatoms. The Balaban J connectivity index is 1.30. The van der Waals surface area contributed by atoms with E-state index in [-0.39, 0.29) is 5.56 Å². The predicted molar refractivity (Wildman–Crippen MR) is 125 cm³/mol. The maximum Gasteiger partial charge on any atom is 0.262 e. The van der Waals surface area contributed by atoms with Gasteiger partial charge in [-0.3, -0.25) is 14.3 Å². The number of fused-ring (bicyclic) bond motifs is 3. The van der Waals surface area contributed by atoms with E-state index in [0.717, 1.165) is 42.3 Å². The highest BCUT2D eigenvalue weighted by atomic mass is 32.1. The van der Waals surface area contributed by atoms with Gasteiger partial charge in [0.2, 0.25) is 11.8 Å². The molecule has 5 rings (SSSR count). The van der Waals surface area contributed by atoms with Gasteiger partial charge in [0.15, 0.2) is 0 Å². The smallest absolute Gasteiger partial charge is 0.262 e. The molecule has 0 bridgehead atoms. The second-order valence-corrected chi connectivity index (χ2v) is 9.63. The predicted octanol–water partition coefficient (Wildman–Crippen LogP) is 3.77. The summed E-state index contributed by atoms with van der Waals surface area (Å²) >= 11 is 1.67. The molecule has 166 valence electrons. The van der Waals surface area contributed by atoms with Crippen LogP contribution in [0.15, 0.2) is 45.9 Å². The highest BCUT2D eigenvalue weighted by Gasteiger charge is 2.28. The van der Waals surface area contributed by atoms with Crippen LogP contribution in [-0.2, 0) is 32.4 Å². The van der Waals surface area contributed by atoms with Crippen LogP contribution in [0, 0.1) is 6.92 Å². The van der Waals surface area contributed by atoms with Crippen molar-refractivity contribution in [3.63, 3.8) is 0 Å². The average molecular weight is 450 g/mol. The van der Waals surface area contributed by atoms with Gasteiger partial charge in [0.1, 0.15) is 4.83 Å². The summed E-state index contributed by atoms with van der Waals surface area (Å²) in [6, 6.07) is 10.8. The van der Waals surface area contributed by atoms with E-state index in [1.807, 2.05) is 13.0 Å². The lowest BCUT2D eigenvalue weighted by Crippen LogP contribution is -2.35. The lowest BCUT2D eigenvalue weighted by molar-refractivity contribution is 0.196. The van der Waals surface area contributed by atoms with E-state index in [2.05, 4.69) is 51.4 Å². The molecule has 0 N–H and O–H groups in total. The molecule has 1 aromatic carbocycles. The van der Waals surface area contributed by atoms with Crippen molar-refractivity contribution >= 4 is 21.6 Å². The van der Waals surface area contributed by atoms with Crippen molar-refractivity contribution in [2.24, 2.45) is 0 Å². The number of aromatic nitrogens is 4. The molecule has 1 atom stereocenters. The summed E-state index contributed by atoms with van der Waals surface area (Å²) in [4.78, 5) is 22.3. The van der Waals surface area contributed by atoms with Crippen LogP contribution in [0.25, 0.3) is 10.2 Å². The van der Waals surface area contributed by atoms with E-state index in [9.17, 15) is 4.79 Å². The van der Waals surface area contributed by atoms with Crippen LogP contribution in [0.3, 0.4) is 0 Å². The Hall–Kier alpha value is -2.84. The fourth-order valence-corrected chi connectivity index (χ4v) is 5.81. The molecular formula is C24H27N5O2S. The fourth-order valence-electron chi connectivity index (χ4n) is 4.56. The summed E-state index contributed by atoms with van der Waals surface area (Å²) in [5.41, 5.74) is 2.61. The molecule has 1 aliphatic carbocycles. The third-order valence-corrected chi connectivity index (χ3v) is 7.46. The van der Waals surface area contributed by atoms with Crippen LogP contribution in [0.5, 0.6) is 0 Å². The quantitative estimate of drug-likeness (QED) is 0.427. The average Bonchev–Trinajstić information content (AvgIpc) is 3.38. The molecule has 0 saturated heterocycles. The fraction of sp³-hybridized carbons (Fsp3) is 0.417. The van der Waals surface area contributed by atoms with Crippen molar-refractivity contribution in [2.75, 3.05) is 7.05 Å². The SMILES string of the molecule is Cc1nnc(CN(C)C2CCc3c(sc4ncn(CCCc5ccccc5)c(=O)c34)C2)o1. The van der Waals surface area contributed by atoms with Gasteiger partial charge in [-0.15, -0.1) is 21.5 Å². The topological polar surface area (TPSA) is 77.1 Å². The van der Waals surface area contributed by atoms with Gasteiger partial charge >= 0.3 is 0 Å². The molecule has 0 saturated carbocycles. The normalized spacial score (nSPS) is 16.0. The van der Waals surface area contributed by atoms with Crippen LogP contribution in [0.2, 0.25) is 0 Å². The van der Waals surface area contributed by atoms with E-state index >= 15 is 0 Å². The van der Waals surface area contributed by atoms with Gasteiger partial charge in [-0.25, -0.2) is 4.98 Å². The van der Waals surface area contributed by atoms with Gasteiger partial charge in [0, 0.05) is 24.4 Å². The third-order valence-electron chi connectivity index (χ3n) is 6.29. The van der Waals surface area contributed by atoms with Gasteiger partial charge in [0.05, 0.1) is 18.3 Å². The zero-order chi connectivity index (χ0) is 22.1. The summed E-state index contributed by atoms with van der Waals surface area (Å²) in [6.45, 7) is 3.14. The largest absolute Gasteiger partial charge is 0.424 e. The Bertz CT molecular complexity index is 1280. The highest BCUT2D eigenvalue weighted by Crippen LogP contribution is 2.35. The minimum Gasteiger partial charge on any atom is -0.424 e. The first kappa shape index (κ1) is 21.0. The lowest BCUT2D eigenvalue weighted by atomic mass is 9.92. The van der Waals surface area contributed by atoms with Gasteiger partial charge in [0.25, 0.3) is 5.56 Å². The minimum atomic E-state index is 0.105. The number of benzene rings is 1. The Morgan fingerprint density at radius 2 is 2.09 bits per heavy atom. The van der Waals surface area contributed by atoms with E-state index in [1.165, 1.54) is 16.0 Å². The lowest BCUT2D eigenvalue weighted by Gasteiger charge is -2.30. The molecule has 7 nitrogen and oxygen atoms in total. The number of rotatable bonds is 7. The van der Waals surface area contributed by atoms with Crippen LogP contribution in [0.1, 0.15) is 40.6 Å². The molecule has 0 fully saturated rings. The van der Waals surface area contributed by atoms with Gasteiger partial charge in [-0.05, 0) is 50.3 Å². The van der Waals surface area contributed by atoms with Crippen molar-refractivity contribution in [3.8, 4) is 0 Å². The Morgan fingerprint density at radius 1 is 1.25 bits per heavy atom. The highest BCUT2D eigenvalue weighted by molar-refractivity contribution is 7.18. The number of hydrogen-bond acceptors (Lipinski definition) is 7. The van der Waals surface area contributed by atoms with Crippen molar-refractivity contribution in [2.45, 2.75) is 58.2 Å². The van der Waals surface area contributed by atoms with E-state index in [1.54, 1.807) is 22.2 Å². The summed E-state index contributed by atoms with van der Waals surface area (Å²) in [7, 11) is 2.10. The monoisotopic (exact) mass is 449 g/mol. The van der Waals surface area contributed by atoms with Crippen LogP contribution < -0.4 is 5.56 Å². The van der Waals surface area contributed by atoms with Crippen LogP contribution in [-0.4, -0.2) is 37.7 Å². The van der Waals surface area contributed by atoms with Gasteiger partial charge < -0.3 is 4.42 Å².